The summed E-state index contributed by atoms with van der Waals surface area (Å²) in [5.41, 5.74) is 2.30. The Hall–Kier alpha value is -2.01. The standard InChI is InChI=1S/C14H13FN2OS/c1-2-10-7-8-11(19-10)9-16-17-14(18)12-5-3-4-6-13(12)15/h3-9H,2H2,1H3,(H,17,18). The number of carbonyl (C=O) groups excluding carboxylic acids is 1. The van der Waals surface area contributed by atoms with Gasteiger partial charge in [-0.05, 0) is 30.7 Å². The number of benzene rings is 1. The molecule has 1 aromatic heterocycles. The van der Waals surface area contributed by atoms with Gasteiger partial charge in [0.15, 0.2) is 0 Å². The lowest BCUT2D eigenvalue weighted by molar-refractivity contribution is 0.0951. The molecule has 0 unspecified atom stereocenters. The zero-order valence-corrected chi connectivity index (χ0v) is 11.2. The molecule has 0 bridgehead atoms. The molecule has 0 atom stereocenters. The fourth-order valence-electron chi connectivity index (χ4n) is 1.51. The van der Waals surface area contributed by atoms with Gasteiger partial charge in [-0.15, -0.1) is 11.3 Å². The van der Waals surface area contributed by atoms with E-state index < -0.39 is 11.7 Å². The summed E-state index contributed by atoms with van der Waals surface area (Å²) in [5, 5.41) is 3.83. The largest absolute Gasteiger partial charge is 0.274 e. The molecule has 0 spiro atoms. The van der Waals surface area contributed by atoms with Crippen LogP contribution < -0.4 is 5.43 Å². The number of hydrogen-bond acceptors (Lipinski definition) is 3. The van der Waals surface area contributed by atoms with E-state index in [1.807, 2.05) is 12.1 Å². The number of carbonyl (C=O) groups is 1. The Kier molecular flexibility index (Phi) is 4.41. The molecule has 3 nitrogen and oxygen atoms in total. The first-order chi connectivity index (χ1) is 9.20. The molecular formula is C14H13FN2OS. The van der Waals surface area contributed by atoms with Crippen molar-refractivity contribution < 1.29 is 9.18 Å². The molecule has 0 saturated heterocycles. The van der Waals surface area contributed by atoms with Gasteiger partial charge in [0.1, 0.15) is 5.82 Å². The van der Waals surface area contributed by atoms with Crippen molar-refractivity contribution >= 4 is 23.5 Å². The van der Waals surface area contributed by atoms with Gasteiger partial charge in [0.05, 0.1) is 11.8 Å². The van der Waals surface area contributed by atoms with Gasteiger partial charge in [-0.1, -0.05) is 19.1 Å². The van der Waals surface area contributed by atoms with E-state index in [1.54, 1.807) is 23.6 Å². The summed E-state index contributed by atoms with van der Waals surface area (Å²) >= 11 is 1.61. The molecule has 0 radical (unpaired) electrons. The van der Waals surface area contributed by atoms with Crippen LogP contribution >= 0.6 is 11.3 Å². The van der Waals surface area contributed by atoms with Gasteiger partial charge < -0.3 is 0 Å². The SMILES string of the molecule is CCc1ccc(C=NNC(=O)c2ccccc2F)s1. The Morgan fingerprint density at radius 3 is 2.84 bits per heavy atom. The molecule has 1 aromatic carbocycles. The molecule has 98 valence electrons. The molecule has 2 aromatic rings. The third-order valence-corrected chi connectivity index (χ3v) is 3.67. The van der Waals surface area contributed by atoms with E-state index in [0.29, 0.717) is 0 Å². The van der Waals surface area contributed by atoms with Crippen molar-refractivity contribution in [3.05, 3.63) is 57.5 Å². The maximum atomic E-state index is 13.3. The van der Waals surface area contributed by atoms with Crippen molar-refractivity contribution in [1.82, 2.24) is 5.43 Å². The van der Waals surface area contributed by atoms with Crippen LogP contribution in [0.5, 0.6) is 0 Å². The average molecular weight is 276 g/mol. The summed E-state index contributed by atoms with van der Waals surface area (Å²) < 4.78 is 13.3. The van der Waals surface area contributed by atoms with Crippen LogP contribution in [0.2, 0.25) is 0 Å². The Morgan fingerprint density at radius 1 is 1.37 bits per heavy atom. The molecule has 0 aliphatic heterocycles. The lowest BCUT2D eigenvalue weighted by atomic mass is 10.2. The highest BCUT2D eigenvalue weighted by Crippen LogP contribution is 2.14. The van der Waals surface area contributed by atoms with Crippen molar-refractivity contribution in [2.24, 2.45) is 5.10 Å². The number of amides is 1. The van der Waals surface area contributed by atoms with E-state index in [4.69, 9.17) is 0 Å². The lowest BCUT2D eigenvalue weighted by Crippen LogP contribution is -2.18. The minimum Gasteiger partial charge on any atom is -0.267 e. The maximum absolute atomic E-state index is 13.3. The summed E-state index contributed by atoms with van der Waals surface area (Å²) in [7, 11) is 0. The normalized spacial score (nSPS) is 10.8. The molecule has 5 heteroatoms. The number of rotatable bonds is 4. The van der Waals surface area contributed by atoms with E-state index in [2.05, 4.69) is 17.5 Å². The molecule has 2 rings (SSSR count). The Morgan fingerprint density at radius 2 is 2.16 bits per heavy atom. The van der Waals surface area contributed by atoms with Crippen LogP contribution in [0.1, 0.15) is 27.0 Å². The molecule has 0 aliphatic rings. The van der Waals surface area contributed by atoms with E-state index in [0.717, 1.165) is 11.3 Å². The molecular weight excluding hydrogens is 263 g/mol. The molecule has 1 N–H and O–H groups in total. The Bertz CT molecular complexity index is 607. The van der Waals surface area contributed by atoms with Gasteiger partial charge >= 0.3 is 0 Å². The van der Waals surface area contributed by atoms with Crippen molar-refractivity contribution in [3.63, 3.8) is 0 Å². The fourth-order valence-corrected chi connectivity index (χ4v) is 2.34. The smallest absolute Gasteiger partial charge is 0.267 e. The number of nitrogens with zero attached hydrogens (tertiary/aromatic N) is 1. The van der Waals surface area contributed by atoms with Crippen molar-refractivity contribution in [1.29, 1.82) is 0 Å². The van der Waals surface area contributed by atoms with Gasteiger partial charge in [-0.2, -0.15) is 5.10 Å². The van der Waals surface area contributed by atoms with Crippen LogP contribution in [0.25, 0.3) is 0 Å². The quantitative estimate of drug-likeness (QED) is 0.676. The van der Waals surface area contributed by atoms with Gasteiger partial charge in [0, 0.05) is 9.75 Å². The van der Waals surface area contributed by atoms with Crippen molar-refractivity contribution in [2.75, 3.05) is 0 Å². The maximum Gasteiger partial charge on any atom is 0.274 e. The van der Waals surface area contributed by atoms with Gasteiger partial charge in [0.2, 0.25) is 0 Å². The van der Waals surface area contributed by atoms with Crippen LogP contribution in [0.4, 0.5) is 4.39 Å². The topological polar surface area (TPSA) is 41.5 Å². The Balaban J connectivity index is 1.99. The van der Waals surface area contributed by atoms with E-state index in [9.17, 15) is 9.18 Å². The van der Waals surface area contributed by atoms with Gasteiger partial charge in [0.25, 0.3) is 5.91 Å². The van der Waals surface area contributed by atoms with Crippen LogP contribution in [-0.4, -0.2) is 12.1 Å². The monoisotopic (exact) mass is 276 g/mol. The second-order valence-corrected chi connectivity index (χ2v) is 5.04. The van der Waals surface area contributed by atoms with Crippen LogP contribution in [0.3, 0.4) is 0 Å². The molecule has 0 saturated carbocycles. The summed E-state index contributed by atoms with van der Waals surface area (Å²) in [6, 6.07) is 9.75. The molecule has 0 aliphatic carbocycles. The number of thiophene rings is 1. The predicted octanol–water partition coefficient (Wildman–Crippen LogP) is 3.21. The number of nitrogens with one attached hydrogen (secondary N) is 1. The molecule has 19 heavy (non-hydrogen) atoms. The highest BCUT2D eigenvalue weighted by molar-refractivity contribution is 7.13. The Labute approximate surface area is 114 Å². The van der Waals surface area contributed by atoms with E-state index in [1.165, 1.54) is 23.1 Å². The van der Waals surface area contributed by atoms with Crippen molar-refractivity contribution in [2.45, 2.75) is 13.3 Å². The van der Waals surface area contributed by atoms with Gasteiger partial charge in [-0.3, -0.25) is 4.79 Å². The zero-order chi connectivity index (χ0) is 13.7. The van der Waals surface area contributed by atoms with Gasteiger partial charge in [-0.25, -0.2) is 9.82 Å². The average Bonchev–Trinajstić information content (AvgIpc) is 2.87. The third-order valence-electron chi connectivity index (χ3n) is 2.51. The number of hydrogen-bond donors (Lipinski definition) is 1. The summed E-state index contributed by atoms with van der Waals surface area (Å²) in [5.74, 6) is -1.11. The highest BCUT2D eigenvalue weighted by atomic mass is 32.1. The zero-order valence-electron chi connectivity index (χ0n) is 10.4. The minimum atomic E-state index is -0.556. The summed E-state index contributed by atoms with van der Waals surface area (Å²) in [6.07, 6.45) is 2.53. The number of halogens is 1. The molecule has 1 heterocycles. The molecule has 1 amide bonds. The summed E-state index contributed by atoms with van der Waals surface area (Å²) in [6.45, 7) is 2.08. The predicted molar refractivity (Wildman–Crippen MR) is 75.2 cm³/mol. The first kappa shape index (κ1) is 13.4. The first-order valence-electron chi connectivity index (χ1n) is 5.87. The minimum absolute atomic E-state index is 0.0138. The fraction of sp³-hybridized carbons (Fsp3) is 0.143. The lowest BCUT2D eigenvalue weighted by Gasteiger charge is -2.00. The molecule has 0 fully saturated rings. The van der Waals surface area contributed by atoms with E-state index >= 15 is 0 Å². The van der Waals surface area contributed by atoms with Crippen LogP contribution in [-0.2, 0) is 6.42 Å². The van der Waals surface area contributed by atoms with E-state index in [-0.39, 0.29) is 5.56 Å². The van der Waals surface area contributed by atoms with Crippen LogP contribution in [0.15, 0.2) is 41.5 Å². The van der Waals surface area contributed by atoms with Crippen molar-refractivity contribution in [3.8, 4) is 0 Å². The second kappa shape index (κ2) is 6.24. The van der Waals surface area contributed by atoms with Crippen LogP contribution in [0, 0.1) is 5.82 Å². The number of hydrazone groups is 1. The number of aryl methyl sites for hydroxylation is 1. The highest BCUT2D eigenvalue weighted by Gasteiger charge is 2.09. The first-order valence-corrected chi connectivity index (χ1v) is 6.69. The summed E-state index contributed by atoms with van der Waals surface area (Å²) in [4.78, 5) is 13.9. The third kappa shape index (κ3) is 3.48. The second-order valence-electron chi connectivity index (χ2n) is 3.84.